The number of nitrogens with zero attached hydrogens (tertiary/aromatic N) is 1. The summed E-state index contributed by atoms with van der Waals surface area (Å²) in [5.41, 5.74) is 0. The zero-order valence-corrected chi connectivity index (χ0v) is 6.11. The molecule has 0 aromatic carbocycles. The molecule has 0 bridgehead atoms. The third-order valence-electron chi connectivity index (χ3n) is 1.00. The molecule has 0 saturated carbocycles. The number of aromatic nitrogens is 1. The second-order valence-corrected chi connectivity index (χ2v) is 1.81. The van der Waals surface area contributed by atoms with Crippen LogP contribution in [-0.4, -0.2) is 17.7 Å². The van der Waals surface area contributed by atoms with E-state index in [1.54, 1.807) is 13.0 Å². The maximum absolute atomic E-state index is 10.7. The van der Waals surface area contributed by atoms with Crippen LogP contribution >= 0.6 is 0 Å². The van der Waals surface area contributed by atoms with Gasteiger partial charge in [0.25, 0.3) is 0 Å². The van der Waals surface area contributed by atoms with Gasteiger partial charge < -0.3 is 9.26 Å². The van der Waals surface area contributed by atoms with Crippen molar-refractivity contribution in [3.63, 3.8) is 0 Å². The lowest BCUT2D eigenvalue weighted by Gasteiger charge is -1.96. The van der Waals surface area contributed by atoms with Gasteiger partial charge in [-0.3, -0.25) is 4.79 Å². The third kappa shape index (κ3) is 2.41. The van der Waals surface area contributed by atoms with Crippen LogP contribution in [0.2, 0.25) is 0 Å². The second-order valence-electron chi connectivity index (χ2n) is 1.81. The molecule has 0 saturated heterocycles. The smallest absolute Gasteiger partial charge is 0.318 e. The Bertz CT molecular complexity index is 218. The summed E-state index contributed by atoms with van der Waals surface area (Å²) in [4.78, 5) is 10.7. The maximum atomic E-state index is 10.7. The van der Waals surface area contributed by atoms with Crippen molar-refractivity contribution in [2.24, 2.45) is 0 Å². The second kappa shape index (κ2) is 3.75. The average molecular weight is 154 g/mol. The summed E-state index contributed by atoms with van der Waals surface area (Å²) >= 11 is 0. The minimum atomic E-state index is -0.413. The molecular weight excluding hydrogens is 146 g/mol. The zero-order chi connectivity index (χ0) is 8.10. The molecule has 0 N–H and O–H groups in total. The molecule has 59 valence electrons. The van der Waals surface area contributed by atoms with Gasteiger partial charge in [0.15, 0.2) is 5.76 Å². The predicted octanol–water partition coefficient (Wildman–Crippen LogP) is 0.790. The first-order valence-electron chi connectivity index (χ1n) is 3.25. The van der Waals surface area contributed by atoms with Crippen molar-refractivity contribution >= 4 is 5.97 Å². The van der Waals surface area contributed by atoms with Crippen molar-refractivity contribution in [1.29, 1.82) is 0 Å². The highest BCUT2D eigenvalue weighted by Gasteiger charge is 2.06. The van der Waals surface area contributed by atoms with E-state index in [9.17, 15) is 4.79 Å². The largest absolute Gasteiger partial charge is 0.465 e. The maximum Gasteiger partial charge on any atom is 0.318 e. The molecule has 0 aliphatic rings. The van der Waals surface area contributed by atoms with Crippen LogP contribution < -0.4 is 0 Å². The summed E-state index contributed by atoms with van der Waals surface area (Å²) in [6, 6.07) is 1.58. The van der Waals surface area contributed by atoms with Crippen molar-refractivity contribution in [3.05, 3.63) is 24.4 Å². The van der Waals surface area contributed by atoms with Crippen LogP contribution in [-0.2, 0) is 9.53 Å². The van der Waals surface area contributed by atoms with Gasteiger partial charge in [0.1, 0.15) is 6.42 Å². The normalized spacial score (nSPS) is 9.55. The topological polar surface area (TPSA) is 52.3 Å². The summed E-state index contributed by atoms with van der Waals surface area (Å²) in [7, 11) is 0. The molecule has 11 heavy (non-hydrogen) atoms. The molecule has 0 aliphatic heterocycles. The van der Waals surface area contributed by atoms with E-state index in [0.29, 0.717) is 12.4 Å². The van der Waals surface area contributed by atoms with Gasteiger partial charge >= 0.3 is 5.97 Å². The molecule has 1 heterocycles. The average Bonchev–Trinajstić information content (AvgIpc) is 2.40. The highest BCUT2D eigenvalue weighted by molar-refractivity contribution is 5.82. The summed E-state index contributed by atoms with van der Waals surface area (Å²) in [6.07, 6.45) is 2.71. The first-order chi connectivity index (χ1) is 5.33. The Hall–Kier alpha value is -1.32. The van der Waals surface area contributed by atoms with Gasteiger partial charge in [-0.25, -0.2) is 0 Å². The van der Waals surface area contributed by atoms with Crippen molar-refractivity contribution in [3.8, 4) is 0 Å². The summed E-state index contributed by atoms with van der Waals surface area (Å²) in [6.45, 7) is 2.11. The lowest BCUT2D eigenvalue weighted by molar-refractivity contribution is -0.138. The summed E-state index contributed by atoms with van der Waals surface area (Å²) in [5.74, 6) is -0.00676. The number of esters is 1. The summed E-state index contributed by atoms with van der Waals surface area (Å²) < 4.78 is 9.28. The van der Waals surface area contributed by atoms with Crippen molar-refractivity contribution < 1.29 is 14.1 Å². The monoisotopic (exact) mass is 154 g/mol. The van der Waals surface area contributed by atoms with E-state index in [-0.39, 0.29) is 0 Å². The quantitative estimate of drug-likeness (QED) is 0.604. The molecular formula is C7H8NO3. The van der Waals surface area contributed by atoms with E-state index >= 15 is 0 Å². The molecule has 0 spiro atoms. The molecule has 0 amide bonds. The van der Waals surface area contributed by atoms with Gasteiger partial charge in [-0.05, 0) is 6.92 Å². The Kier molecular flexibility index (Phi) is 2.66. The Morgan fingerprint density at radius 2 is 2.73 bits per heavy atom. The Balaban J connectivity index is 2.37. The molecule has 1 radical (unpaired) electrons. The van der Waals surface area contributed by atoms with Crippen LogP contribution in [0.15, 0.2) is 16.8 Å². The molecule has 0 aliphatic carbocycles. The van der Waals surface area contributed by atoms with Crippen LogP contribution in [0, 0.1) is 6.42 Å². The minimum Gasteiger partial charge on any atom is -0.465 e. The molecule has 1 aromatic rings. The van der Waals surface area contributed by atoms with Crippen molar-refractivity contribution in [2.75, 3.05) is 6.61 Å². The van der Waals surface area contributed by atoms with Gasteiger partial charge in [-0.1, -0.05) is 5.16 Å². The number of hydrogen-bond donors (Lipinski definition) is 0. The summed E-state index contributed by atoms with van der Waals surface area (Å²) in [5, 5.41) is 3.42. The van der Waals surface area contributed by atoms with Crippen LogP contribution in [0.4, 0.5) is 0 Å². The van der Waals surface area contributed by atoms with E-state index in [1.165, 1.54) is 12.6 Å². The number of ether oxygens (including phenoxy) is 1. The number of rotatable bonds is 3. The van der Waals surface area contributed by atoms with Crippen molar-refractivity contribution in [1.82, 2.24) is 5.16 Å². The highest BCUT2D eigenvalue weighted by Crippen LogP contribution is 2.01. The molecule has 0 fully saturated rings. The van der Waals surface area contributed by atoms with Crippen LogP contribution in [0.3, 0.4) is 0 Å². The molecule has 0 atom stereocenters. The number of carbonyl (C=O) groups excluding carboxylic acids is 1. The van der Waals surface area contributed by atoms with E-state index in [2.05, 4.69) is 14.4 Å². The number of carbonyl (C=O) groups is 1. The Morgan fingerprint density at radius 3 is 3.27 bits per heavy atom. The Labute approximate surface area is 64.1 Å². The fourth-order valence-electron chi connectivity index (χ4n) is 0.600. The molecule has 0 unspecified atom stereocenters. The first kappa shape index (κ1) is 7.78. The SMILES string of the molecule is CCOC(=O)[CH]c1ccno1. The molecule has 1 aromatic heterocycles. The van der Waals surface area contributed by atoms with E-state index < -0.39 is 5.97 Å². The van der Waals surface area contributed by atoms with Gasteiger partial charge in [0, 0.05) is 6.07 Å². The van der Waals surface area contributed by atoms with Crippen LogP contribution in [0.25, 0.3) is 0 Å². The van der Waals surface area contributed by atoms with E-state index in [4.69, 9.17) is 0 Å². The zero-order valence-electron chi connectivity index (χ0n) is 6.11. The van der Waals surface area contributed by atoms with Crippen LogP contribution in [0.5, 0.6) is 0 Å². The fraction of sp³-hybridized carbons (Fsp3) is 0.286. The molecule has 4 nitrogen and oxygen atoms in total. The molecule has 4 heteroatoms. The first-order valence-corrected chi connectivity index (χ1v) is 3.25. The fourth-order valence-corrected chi connectivity index (χ4v) is 0.600. The van der Waals surface area contributed by atoms with Crippen LogP contribution in [0.1, 0.15) is 12.7 Å². The molecule has 1 rings (SSSR count). The number of hydrogen-bond acceptors (Lipinski definition) is 4. The van der Waals surface area contributed by atoms with Gasteiger partial charge in [0.2, 0.25) is 0 Å². The van der Waals surface area contributed by atoms with E-state index in [1.807, 2.05) is 0 Å². The standard InChI is InChI=1S/C7H8NO3/c1-2-10-7(9)5-6-3-4-8-11-6/h3-5H,2H2,1H3. The van der Waals surface area contributed by atoms with Gasteiger partial charge in [-0.2, -0.15) is 0 Å². The van der Waals surface area contributed by atoms with E-state index in [0.717, 1.165) is 0 Å². The minimum absolute atomic E-state index is 0.365. The lowest BCUT2D eigenvalue weighted by atomic mass is 10.3. The van der Waals surface area contributed by atoms with Gasteiger partial charge in [-0.15, -0.1) is 0 Å². The highest BCUT2D eigenvalue weighted by atomic mass is 16.5. The van der Waals surface area contributed by atoms with Gasteiger partial charge in [0.05, 0.1) is 12.8 Å². The third-order valence-corrected chi connectivity index (χ3v) is 1.00. The predicted molar refractivity (Wildman–Crippen MR) is 36.5 cm³/mol. The Morgan fingerprint density at radius 1 is 1.91 bits per heavy atom. The van der Waals surface area contributed by atoms with Crippen molar-refractivity contribution in [2.45, 2.75) is 6.92 Å². The lowest BCUT2D eigenvalue weighted by Crippen LogP contribution is -2.04.